The zero-order valence-electron chi connectivity index (χ0n) is 20.2. The highest BCUT2D eigenvalue weighted by Gasteiger charge is 2.17. The molecule has 4 rings (SSSR count). The molecule has 1 unspecified atom stereocenters. The maximum absolute atomic E-state index is 12.4. The number of hydrogen-bond donors (Lipinski definition) is 0. The number of unbranched alkanes of at least 4 members (excludes halogenated alkanes) is 1. The minimum absolute atomic E-state index is 0.345. The van der Waals surface area contributed by atoms with Gasteiger partial charge in [-0.3, -0.25) is 9.74 Å². The highest BCUT2D eigenvalue weighted by atomic mass is 17.0. The monoisotopic (exact) mass is 477 g/mol. The van der Waals surface area contributed by atoms with Crippen LogP contribution in [-0.4, -0.2) is 46.4 Å². The van der Waals surface area contributed by atoms with Crippen molar-refractivity contribution in [2.45, 2.75) is 38.9 Å². The summed E-state index contributed by atoms with van der Waals surface area (Å²) in [7, 11) is 1.99. The summed E-state index contributed by atoms with van der Waals surface area (Å²) in [5, 5.41) is 10.5. The number of aromatic nitrogens is 1. The van der Waals surface area contributed by atoms with E-state index in [4.69, 9.17) is 4.74 Å². The van der Waals surface area contributed by atoms with Crippen LogP contribution in [0.2, 0.25) is 0 Å². The second-order valence-electron chi connectivity index (χ2n) is 8.90. The predicted octanol–water partition coefficient (Wildman–Crippen LogP) is 5.00. The molecule has 0 radical (unpaired) electrons. The Labute approximate surface area is 204 Å². The maximum Gasteiger partial charge on any atom is 0.340 e. The summed E-state index contributed by atoms with van der Waals surface area (Å²) in [6.45, 7) is 4.45. The number of hydrogen-bond acceptors (Lipinski definition) is 6. The van der Waals surface area contributed by atoms with Crippen molar-refractivity contribution in [3.8, 4) is 0 Å². The van der Waals surface area contributed by atoms with Gasteiger partial charge in [-0.15, -0.1) is 10.1 Å². The molecule has 0 aliphatic carbocycles. The first-order chi connectivity index (χ1) is 16.9. The van der Waals surface area contributed by atoms with Gasteiger partial charge in [0, 0.05) is 37.2 Å². The van der Waals surface area contributed by atoms with Crippen molar-refractivity contribution in [3.63, 3.8) is 0 Å². The van der Waals surface area contributed by atoms with Crippen molar-refractivity contribution >= 4 is 22.4 Å². The SMILES string of the molecule is CC(OC(=O)c1ccc2c(c1)c(CCCCN1CC=C(c3ccccc3)CC1)cn2C)O[N+](=O)[O-]. The number of fused-ring (bicyclic) bond motifs is 1. The molecule has 2 aromatic carbocycles. The van der Waals surface area contributed by atoms with E-state index in [9.17, 15) is 14.9 Å². The van der Waals surface area contributed by atoms with Crippen molar-refractivity contribution in [2.24, 2.45) is 7.05 Å². The number of carbonyl (C=O) groups excluding carboxylic acids is 1. The molecule has 0 saturated carbocycles. The van der Waals surface area contributed by atoms with Gasteiger partial charge in [-0.1, -0.05) is 36.4 Å². The largest absolute Gasteiger partial charge is 0.432 e. The van der Waals surface area contributed by atoms with E-state index in [1.807, 2.05) is 13.1 Å². The highest BCUT2D eigenvalue weighted by Crippen LogP contribution is 2.25. The number of ether oxygens (including phenoxy) is 1. The first-order valence-electron chi connectivity index (χ1n) is 12.0. The first-order valence-corrected chi connectivity index (χ1v) is 12.0. The van der Waals surface area contributed by atoms with E-state index in [1.165, 1.54) is 23.6 Å². The van der Waals surface area contributed by atoms with Gasteiger partial charge in [0.1, 0.15) is 0 Å². The Kier molecular flexibility index (Phi) is 7.82. The number of aryl methyl sites for hydroxylation is 2. The van der Waals surface area contributed by atoms with Crippen LogP contribution >= 0.6 is 0 Å². The maximum atomic E-state index is 12.4. The van der Waals surface area contributed by atoms with Crippen LogP contribution < -0.4 is 0 Å². The van der Waals surface area contributed by atoms with Crippen LogP contribution in [0, 0.1) is 10.1 Å². The van der Waals surface area contributed by atoms with Crippen LogP contribution in [0.15, 0.2) is 60.8 Å². The van der Waals surface area contributed by atoms with E-state index in [0.717, 1.165) is 56.2 Å². The van der Waals surface area contributed by atoms with Crippen LogP contribution in [0.3, 0.4) is 0 Å². The minimum Gasteiger partial charge on any atom is -0.432 e. The van der Waals surface area contributed by atoms with E-state index in [1.54, 1.807) is 12.1 Å². The molecule has 184 valence electrons. The topological polar surface area (TPSA) is 86.8 Å². The number of esters is 1. The molecule has 8 heteroatoms. The van der Waals surface area contributed by atoms with Crippen LogP contribution in [0.25, 0.3) is 16.5 Å². The van der Waals surface area contributed by atoms with E-state index in [0.29, 0.717) is 5.56 Å². The molecular weight excluding hydrogens is 446 g/mol. The van der Waals surface area contributed by atoms with Crippen molar-refractivity contribution in [3.05, 3.63) is 87.6 Å². The summed E-state index contributed by atoms with van der Waals surface area (Å²) < 4.78 is 7.08. The number of nitrogens with zero attached hydrogens (tertiary/aromatic N) is 3. The van der Waals surface area contributed by atoms with E-state index < -0.39 is 17.3 Å². The van der Waals surface area contributed by atoms with Crippen LogP contribution in [0.5, 0.6) is 0 Å². The van der Waals surface area contributed by atoms with E-state index in [2.05, 4.69) is 56.9 Å². The van der Waals surface area contributed by atoms with Gasteiger partial charge in [0.2, 0.25) is 6.29 Å². The lowest BCUT2D eigenvalue weighted by atomic mass is 9.99. The Balaban J connectivity index is 1.31. The fourth-order valence-electron chi connectivity index (χ4n) is 4.64. The average Bonchev–Trinajstić information content (AvgIpc) is 3.17. The molecule has 35 heavy (non-hydrogen) atoms. The molecule has 0 saturated heterocycles. The van der Waals surface area contributed by atoms with Crippen molar-refractivity contribution < 1.29 is 19.5 Å². The van der Waals surface area contributed by atoms with Crippen LogP contribution in [0.1, 0.15) is 47.7 Å². The van der Waals surface area contributed by atoms with E-state index in [-0.39, 0.29) is 0 Å². The molecule has 1 atom stereocenters. The summed E-state index contributed by atoms with van der Waals surface area (Å²) in [4.78, 5) is 29.6. The smallest absolute Gasteiger partial charge is 0.340 e. The minimum atomic E-state index is -1.27. The third kappa shape index (κ3) is 6.27. The zero-order chi connectivity index (χ0) is 24.8. The number of rotatable bonds is 10. The number of carbonyl (C=O) groups is 1. The quantitative estimate of drug-likeness (QED) is 0.134. The molecule has 0 fully saturated rings. The Bertz CT molecular complexity index is 1220. The van der Waals surface area contributed by atoms with Crippen molar-refractivity contribution in [2.75, 3.05) is 19.6 Å². The van der Waals surface area contributed by atoms with E-state index >= 15 is 0 Å². The van der Waals surface area contributed by atoms with Gasteiger partial charge in [-0.25, -0.2) is 4.79 Å². The lowest BCUT2D eigenvalue weighted by molar-refractivity contribution is -0.777. The molecule has 0 spiro atoms. The zero-order valence-corrected chi connectivity index (χ0v) is 20.2. The third-order valence-corrected chi connectivity index (χ3v) is 6.42. The summed E-state index contributed by atoms with van der Waals surface area (Å²) in [5.41, 5.74) is 5.31. The summed E-state index contributed by atoms with van der Waals surface area (Å²) in [6.07, 6.45) is 7.33. The normalized spacial score (nSPS) is 15.0. The summed E-state index contributed by atoms with van der Waals surface area (Å²) >= 11 is 0. The second-order valence-corrected chi connectivity index (χ2v) is 8.90. The standard InChI is InChI=1S/C27H31N3O5/c1-20(35-30(32)33)34-27(31)23-11-12-26-25(18-23)24(19-28(26)2)10-6-7-15-29-16-13-22(14-17-29)21-8-4-3-5-9-21/h3-5,8-9,11-13,18-20H,6-7,10,14-17H2,1-2H3. The molecule has 0 N–H and O–H groups in total. The fraction of sp³-hybridized carbons (Fsp3) is 0.370. The Morgan fingerprint density at radius 2 is 1.97 bits per heavy atom. The molecule has 1 aliphatic heterocycles. The lowest BCUT2D eigenvalue weighted by Gasteiger charge is -2.26. The van der Waals surface area contributed by atoms with Crippen LogP contribution in [0.4, 0.5) is 0 Å². The Morgan fingerprint density at radius 3 is 2.69 bits per heavy atom. The van der Waals surface area contributed by atoms with Gasteiger partial charge in [0.25, 0.3) is 5.09 Å². The molecule has 1 aromatic heterocycles. The van der Waals surface area contributed by atoms with Gasteiger partial charge >= 0.3 is 5.97 Å². The first kappa shape index (κ1) is 24.5. The van der Waals surface area contributed by atoms with Gasteiger partial charge in [0.15, 0.2) is 0 Å². The fourth-order valence-corrected chi connectivity index (χ4v) is 4.64. The van der Waals surface area contributed by atoms with Gasteiger partial charge < -0.3 is 9.30 Å². The lowest BCUT2D eigenvalue weighted by Crippen LogP contribution is -2.29. The molecule has 3 aromatic rings. The summed E-state index contributed by atoms with van der Waals surface area (Å²) in [6, 6.07) is 15.9. The molecule has 0 amide bonds. The number of benzene rings is 2. The molecular formula is C27H31N3O5. The van der Waals surface area contributed by atoms with Gasteiger partial charge in [-0.05, 0) is 74.1 Å². The Hall–Kier alpha value is -3.65. The van der Waals surface area contributed by atoms with Gasteiger partial charge in [0.05, 0.1) is 5.56 Å². The average molecular weight is 478 g/mol. The van der Waals surface area contributed by atoms with Gasteiger partial charge in [-0.2, -0.15) is 0 Å². The molecule has 0 bridgehead atoms. The van der Waals surface area contributed by atoms with Crippen molar-refractivity contribution in [1.29, 1.82) is 0 Å². The second kappa shape index (κ2) is 11.2. The molecule has 2 heterocycles. The van der Waals surface area contributed by atoms with Crippen LogP contribution in [-0.2, 0) is 23.0 Å². The highest BCUT2D eigenvalue weighted by molar-refractivity contribution is 5.96. The summed E-state index contributed by atoms with van der Waals surface area (Å²) in [5.74, 6) is -0.649. The molecule has 8 nitrogen and oxygen atoms in total. The predicted molar refractivity (Wildman–Crippen MR) is 134 cm³/mol. The van der Waals surface area contributed by atoms with Crippen molar-refractivity contribution in [1.82, 2.24) is 9.47 Å². The Morgan fingerprint density at radius 1 is 1.17 bits per heavy atom. The molecule has 1 aliphatic rings. The third-order valence-electron chi connectivity index (χ3n) is 6.42.